The summed E-state index contributed by atoms with van der Waals surface area (Å²) in [5, 5.41) is 18.9. The Balaban J connectivity index is 3.35. The Hall–Kier alpha value is -2.57. The lowest BCUT2D eigenvalue weighted by atomic mass is 10.2. The van der Waals surface area contributed by atoms with Gasteiger partial charge in [0.15, 0.2) is 0 Å². The maximum atomic E-state index is 11.9. The SMILES string of the molecule is N#CCc1cc([N+](=O)[O-])c(OC(F)(F)F)[nH]c1=O. The van der Waals surface area contributed by atoms with Gasteiger partial charge in [-0.05, 0) is 0 Å². The number of H-pyrrole nitrogens is 1. The van der Waals surface area contributed by atoms with Crippen LogP contribution in [-0.2, 0) is 6.42 Å². The molecule has 18 heavy (non-hydrogen) atoms. The molecule has 0 spiro atoms. The summed E-state index contributed by atoms with van der Waals surface area (Å²) in [6.45, 7) is 0. The lowest BCUT2D eigenvalue weighted by Gasteiger charge is -2.08. The highest BCUT2D eigenvalue weighted by Crippen LogP contribution is 2.29. The van der Waals surface area contributed by atoms with Gasteiger partial charge < -0.3 is 4.74 Å². The van der Waals surface area contributed by atoms with Crippen LogP contribution >= 0.6 is 0 Å². The summed E-state index contributed by atoms with van der Waals surface area (Å²) in [4.78, 5) is 22.2. The molecule has 0 aliphatic carbocycles. The van der Waals surface area contributed by atoms with E-state index in [2.05, 4.69) is 4.74 Å². The smallest absolute Gasteiger partial charge is 0.382 e. The Kier molecular flexibility index (Phi) is 3.55. The van der Waals surface area contributed by atoms with Crippen LogP contribution < -0.4 is 10.3 Å². The van der Waals surface area contributed by atoms with E-state index >= 15 is 0 Å². The summed E-state index contributed by atoms with van der Waals surface area (Å²) < 4.78 is 39.2. The molecule has 0 aromatic carbocycles. The van der Waals surface area contributed by atoms with Crippen LogP contribution in [0.2, 0.25) is 0 Å². The molecule has 0 saturated carbocycles. The van der Waals surface area contributed by atoms with Crippen LogP contribution in [0.5, 0.6) is 5.88 Å². The molecule has 0 saturated heterocycles. The highest BCUT2D eigenvalue weighted by Gasteiger charge is 2.35. The van der Waals surface area contributed by atoms with Crippen molar-refractivity contribution in [3.63, 3.8) is 0 Å². The number of pyridine rings is 1. The van der Waals surface area contributed by atoms with E-state index in [1.807, 2.05) is 0 Å². The van der Waals surface area contributed by atoms with E-state index in [4.69, 9.17) is 5.26 Å². The monoisotopic (exact) mass is 263 g/mol. The average molecular weight is 263 g/mol. The first-order valence-corrected chi connectivity index (χ1v) is 4.28. The van der Waals surface area contributed by atoms with Crippen LogP contribution in [0.3, 0.4) is 0 Å². The lowest BCUT2D eigenvalue weighted by Crippen LogP contribution is -2.22. The summed E-state index contributed by atoms with van der Waals surface area (Å²) in [7, 11) is 0. The molecule has 96 valence electrons. The molecule has 1 aromatic rings. The van der Waals surface area contributed by atoms with Crippen molar-refractivity contribution in [3.8, 4) is 11.9 Å². The maximum Gasteiger partial charge on any atom is 0.574 e. The van der Waals surface area contributed by atoms with Crippen molar-refractivity contribution in [2.45, 2.75) is 12.8 Å². The average Bonchev–Trinajstić information content (AvgIpc) is 2.19. The summed E-state index contributed by atoms with van der Waals surface area (Å²) in [5.74, 6) is -1.32. The van der Waals surface area contributed by atoms with Crippen molar-refractivity contribution in [2.24, 2.45) is 0 Å². The quantitative estimate of drug-likeness (QED) is 0.651. The molecular weight excluding hydrogens is 259 g/mol. The normalized spacial score (nSPS) is 10.8. The number of nitro groups is 1. The van der Waals surface area contributed by atoms with Gasteiger partial charge in [-0.1, -0.05) is 0 Å². The molecule has 0 unspecified atom stereocenters. The second-order valence-corrected chi connectivity index (χ2v) is 2.98. The molecule has 1 rings (SSSR count). The van der Waals surface area contributed by atoms with E-state index in [0.29, 0.717) is 6.07 Å². The minimum atomic E-state index is -5.18. The van der Waals surface area contributed by atoms with Crippen molar-refractivity contribution in [3.05, 3.63) is 32.1 Å². The molecular formula is C8H4F3N3O4. The maximum absolute atomic E-state index is 11.9. The molecule has 0 aliphatic rings. The van der Waals surface area contributed by atoms with Crippen LogP contribution in [0.25, 0.3) is 0 Å². The van der Waals surface area contributed by atoms with Gasteiger partial charge in [0.2, 0.25) is 0 Å². The zero-order valence-electron chi connectivity index (χ0n) is 8.45. The molecule has 1 N–H and O–H groups in total. The van der Waals surface area contributed by atoms with Gasteiger partial charge in [0.1, 0.15) is 0 Å². The van der Waals surface area contributed by atoms with Gasteiger partial charge in [-0.2, -0.15) is 5.26 Å². The van der Waals surface area contributed by atoms with E-state index < -0.39 is 34.8 Å². The van der Waals surface area contributed by atoms with E-state index in [1.54, 1.807) is 11.1 Å². The number of nitrogens with zero attached hydrogens (tertiary/aromatic N) is 2. The zero-order chi connectivity index (χ0) is 13.9. The predicted molar refractivity (Wildman–Crippen MR) is 49.7 cm³/mol. The van der Waals surface area contributed by atoms with Crippen LogP contribution in [0.4, 0.5) is 18.9 Å². The Bertz CT molecular complexity index is 572. The van der Waals surface area contributed by atoms with Gasteiger partial charge in [0, 0.05) is 11.6 Å². The number of hydrogen-bond donors (Lipinski definition) is 1. The summed E-state index contributed by atoms with van der Waals surface area (Å²) >= 11 is 0. The standard InChI is InChI=1S/C8H4F3N3O4/c9-8(10,11)18-7-5(14(16)17)3-4(1-2-12)6(15)13-7/h3H,1H2,(H,13,15). The van der Waals surface area contributed by atoms with Gasteiger partial charge >= 0.3 is 12.0 Å². The van der Waals surface area contributed by atoms with Crippen molar-refractivity contribution in [1.82, 2.24) is 4.98 Å². The number of halogens is 3. The largest absolute Gasteiger partial charge is 0.574 e. The van der Waals surface area contributed by atoms with Crippen molar-refractivity contribution in [1.29, 1.82) is 5.26 Å². The number of aromatic amines is 1. The number of nitriles is 1. The van der Waals surface area contributed by atoms with E-state index in [0.717, 1.165) is 0 Å². The molecule has 0 bridgehead atoms. The Labute approximate surface area is 96.6 Å². The molecule has 10 heteroatoms. The topological polar surface area (TPSA) is 109 Å². The minimum absolute atomic E-state index is 0.321. The Morgan fingerprint density at radius 1 is 1.56 bits per heavy atom. The number of nitrogens with one attached hydrogen (secondary N) is 1. The highest BCUT2D eigenvalue weighted by atomic mass is 19.4. The number of hydrogen-bond acceptors (Lipinski definition) is 5. The van der Waals surface area contributed by atoms with Gasteiger partial charge in [0.05, 0.1) is 17.4 Å². The Morgan fingerprint density at radius 3 is 2.61 bits per heavy atom. The van der Waals surface area contributed by atoms with Crippen LogP contribution in [-0.4, -0.2) is 16.3 Å². The number of ether oxygens (including phenoxy) is 1. The molecule has 0 atom stereocenters. The van der Waals surface area contributed by atoms with Gasteiger partial charge in [0.25, 0.3) is 11.4 Å². The second-order valence-electron chi connectivity index (χ2n) is 2.98. The van der Waals surface area contributed by atoms with Gasteiger partial charge in [-0.3, -0.25) is 19.9 Å². The van der Waals surface area contributed by atoms with Crippen molar-refractivity contribution >= 4 is 5.69 Å². The fourth-order valence-electron chi connectivity index (χ4n) is 1.09. The number of alkyl halides is 3. The highest BCUT2D eigenvalue weighted by molar-refractivity contribution is 5.43. The van der Waals surface area contributed by atoms with E-state index in [9.17, 15) is 28.1 Å². The van der Waals surface area contributed by atoms with Gasteiger partial charge in [-0.15, -0.1) is 13.2 Å². The van der Waals surface area contributed by atoms with Crippen molar-refractivity contribution in [2.75, 3.05) is 0 Å². The zero-order valence-corrected chi connectivity index (χ0v) is 8.45. The summed E-state index contributed by atoms with van der Waals surface area (Å²) in [5.41, 5.74) is -2.45. The van der Waals surface area contributed by atoms with Crippen LogP contribution in [0.1, 0.15) is 5.56 Å². The third-order valence-corrected chi connectivity index (χ3v) is 1.75. The molecule has 1 aromatic heterocycles. The van der Waals surface area contributed by atoms with Crippen molar-refractivity contribution < 1.29 is 22.8 Å². The summed E-state index contributed by atoms with van der Waals surface area (Å²) in [6, 6.07) is 2.13. The fourth-order valence-corrected chi connectivity index (χ4v) is 1.09. The number of aromatic nitrogens is 1. The summed E-state index contributed by atoms with van der Waals surface area (Å²) in [6.07, 6.45) is -5.65. The van der Waals surface area contributed by atoms with E-state index in [-0.39, 0.29) is 5.56 Å². The first-order valence-electron chi connectivity index (χ1n) is 4.28. The molecule has 0 amide bonds. The predicted octanol–water partition coefficient (Wildman–Crippen LogP) is 1.25. The first-order chi connectivity index (χ1) is 8.24. The Morgan fingerprint density at radius 2 is 2.17 bits per heavy atom. The van der Waals surface area contributed by atoms with Crippen LogP contribution in [0.15, 0.2) is 10.9 Å². The van der Waals surface area contributed by atoms with Crippen LogP contribution in [0, 0.1) is 21.4 Å². The fraction of sp³-hybridized carbons (Fsp3) is 0.250. The molecule has 7 nitrogen and oxygen atoms in total. The number of rotatable bonds is 3. The molecule has 0 fully saturated rings. The minimum Gasteiger partial charge on any atom is -0.382 e. The molecule has 1 heterocycles. The third-order valence-electron chi connectivity index (χ3n) is 1.75. The van der Waals surface area contributed by atoms with Gasteiger partial charge in [-0.25, -0.2) is 0 Å². The lowest BCUT2D eigenvalue weighted by molar-refractivity contribution is -0.389. The molecule has 0 radical (unpaired) electrons. The van der Waals surface area contributed by atoms with E-state index in [1.165, 1.54) is 0 Å². The molecule has 0 aliphatic heterocycles. The first kappa shape index (κ1) is 13.5. The second kappa shape index (κ2) is 4.74. The third kappa shape index (κ3) is 3.21.